The second kappa shape index (κ2) is 6.38. The number of carbonyl (C=O) groups is 2. The Balaban J connectivity index is 1.77. The second-order valence-electron chi connectivity index (χ2n) is 4.78. The van der Waals surface area contributed by atoms with E-state index in [2.05, 4.69) is 16.0 Å². The van der Waals surface area contributed by atoms with Crippen molar-refractivity contribution in [2.75, 3.05) is 0 Å². The summed E-state index contributed by atoms with van der Waals surface area (Å²) in [5, 5.41) is 5.26. The van der Waals surface area contributed by atoms with E-state index in [-0.39, 0.29) is 22.5 Å². The van der Waals surface area contributed by atoms with Crippen LogP contribution in [-0.4, -0.2) is 28.2 Å². The van der Waals surface area contributed by atoms with Crippen LogP contribution < -0.4 is 16.3 Å². The Morgan fingerprint density at radius 3 is 2.92 bits per heavy atom. The summed E-state index contributed by atoms with van der Waals surface area (Å²) in [7, 11) is 0. The van der Waals surface area contributed by atoms with E-state index in [9.17, 15) is 14.4 Å². The molecular formula is C14H9ClN4O4S. The predicted molar refractivity (Wildman–Crippen MR) is 90.4 cm³/mol. The van der Waals surface area contributed by atoms with E-state index >= 15 is 0 Å². The van der Waals surface area contributed by atoms with Crippen molar-refractivity contribution < 1.29 is 14.0 Å². The van der Waals surface area contributed by atoms with Crippen LogP contribution in [0.5, 0.6) is 0 Å². The number of carbonyl (C=O) groups excluding carboxylic acids is 2. The number of amides is 2. The van der Waals surface area contributed by atoms with Gasteiger partial charge in [0.2, 0.25) is 16.4 Å². The maximum Gasteiger partial charge on any atom is 0.257 e. The van der Waals surface area contributed by atoms with Gasteiger partial charge in [0.15, 0.2) is 0 Å². The van der Waals surface area contributed by atoms with Crippen LogP contribution in [0.25, 0.3) is 11.0 Å². The highest BCUT2D eigenvalue weighted by molar-refractivity contribution is 7.80. The molecule has 1 saturated heterocycles. The SMILES string of the molecule is O=C1CC(=O)N(C(=S)N/N=C/c2coc3ccc(Cl)cc3c2=O)N1. The molecule has 2 aromatic rings. The third-order valence-corrected chi connectivity index (χ3v) is 3.63. The van der Waals surface area contributed by atoms with E-state index in [1.165, 1.54) is 18.5 Å². The lowest BCUT2D eigenvalue weighted by molar-refractivity contribution is -0.125. The van der Waals surface area contributed by atoms with E-state index in [1.807, 2.05) is 0 Å². The van der Waals surface area contributed by atoms with Crippen molar-refractivity contribution >= 4 is 57.9 Å². The molecule has 0 radical (unpaired) electrons. The molecule has 8 nitrogen and oxygen atoms in total. The first kappa shape index (κ1) is 16.1. The fourth-order valence-corrected chi connectivity index (χ4v) is 2.39. The number of rotatable bonds is 2. The summed E-state index contributed by atoms with van der Waals surface area (Å²) in [5.41, 5.74) is 4.91. The fourth-order valence-electron chi connectivity index (χ4n) is 2.02. The van der Waals surface area contributed by atoms with Crippen LogP contribution in [-0.2, 0) is 9.59 Å². The van der Waals surface area contributed by atoms with Crippen molar-refractivity contribution in [3.63, 3.8) is 0 Å². The zero-order chi connectivity index (χ0) is 17.3. The van der Waals surface area contributed by atoms with Crippen molar-refractivity contribution in [2.24, 2.45) is 5.10 Å². The van der Waals surface area contributed by atoms with Gasteiger partial charge < -0.3 is 4.42 Å². The van der Waals surface area contributed by atoms with E-state index in [0.29, 0.717) is 16.0 Å². The monoisotopic (exact) mass is 364 g/mol. The number of hydrazine groups is 1. The maximum atomic E-state index is 12.3. The molecule has 0 unspecified atom stereocenters. The standard InChI is InChI=1S/C14H9ClN4O4S/c15-8-1-2-10-9(3-8)13(22)7(6-23-10)5-16-17-14(24)19-12(21)4-11(20)18-19/h1-3,5-6H,4H2,(H,17,24)(H,18,20)/b16-5+. The Morgan fingerprint density at radius 2 is 2.21 bits per heavy atom. The maximum absolute atomic E-state index is 12.3. The highest BCUT2D eigenvalue weighted by Gasteiger charge is 2.29. The van der Waals surface area contributed by atoms with Crippen LogP contribution in [0.4, 0.5) is 0 Å². The molecule has 122 valence electrons. The van der Waals surface area contributed by atoms with Gasteiger partial charge in [-0.15, -0.1) is 0 Å². The largest absolute Gasteiger partial charge is 0.463 e. The molecule has 0 spiro atoms. The van der Waals surface area contributed by atoms with Gasteiger partial charge in [-0.3, -0.25) is 25.2 Å². The Kier molecular flexibility index (Phi) is 4.28. The summed E-state index contributed by atoms with van der Waals surface area (Å²) in [5.74, 6) is -0.951. The van der Waals surface area contributed by atoms with Crippen LogP contribution in [0, 0.1) is 0 Å². The quantitative estimate of drug-likeness (QED) is 0.355. The van der Waals surface area contributed by atoms with Gasteiger partial charge in [-0.2, -0.15) is 10.1 Å². The molecule has 1 aromatic heterocycles. The zero-order valence-electron chi connectivity index (χ0n) is 11.9. The van der Waals surface area contributed by atoms with Gasteiger partial charge in [0.1, 0.15) is 18.3 Å². The summed E-state index contributed by atoms with van der Waals surface area (Å²) in [6, 6.07) is 4.70. The smallest absolute Gasteiger partial charge is 0.257 e. The molecule has 1 fully saturated rings. The number of benzene rings is 1. The van der Waals surface area contributed by atoms with Crippen molar-refractivity contribution in [1.29, 1.82) is 0 Å². The summed E-state index contributed by atoms with van der Waals surface area (Å²) < 4.78 is 5.34. The molecular weight excluding hydrogens is 356 g/mol. The molecule has 24 heavy (non-hydrogen) atoms. The first-order valence-electron chi connectivity index (χ1n) is 6.62. The van der Waals surface area contributed by atoms with Gasteiger partial charge in [-0.1, -0.05) is 11.6 Å². The Bertz CT molecular complexity index is 955. The number of thiocarbonyl (C=S) groups is 1. The lowest BCUT2D eigenvalue weighted by atomic mass is 10.2. The highest BCUT2D eigenvalue weighted by atomic mass is 35.5. The number of hydrogen-bond acceptors (Lipinski definition) is 6. The zero-order valence-corrected chi connectivity index (χ0v) is 13.5. The number of nitrogens with one attached hydrogen (secondary N) is 2. The van der Waals surface area contributed by atoms with Gasteiger partial charge in [0, 0.05) is 5.02 Å². The van der Waals surface area contributed by atoms with E-state index in [1.54, 1.807) is 12.1 Å². The minimum absolute atomic E-state index is 0.115. The van der Waals surface area contributed by atoms with Crippen LogP contribution in [0.2, 0.25) is 5.02 Å². The van der Waals surface area contributed by atoms with Crippen molar-refractivity contribution in [3.8, 4) is 0 Å². The molecule has 1 aliphatic heterocycles. The van der Waals surface area contributed by atoms with Gasteiger partial charge in [-0.25, -0.2) is 0 Å². The van der Waals surface area contributed by atoms with Crippen LogP contribution in [0.1, 0.15) is 12.0 Å². The average Bonchev–Trinajstić information content (AvgIpc) is 2.88. The summed E-state index contributed by atoms with van der Waals surface area (Å²) in [4.78, 5) is 34.9. The van der Waals surface area contributed by atoms with E-state index < -0.39 is 11.8 Å². The molecule has 10 heteroatoms. The fraction of sp³-hybridized carbons (Fsp3) is 0.0714. The molecule has 0 atom stereocenters. The van der Waals surface area contributed by atoms with Crippen molar-refractivity contribution in [3.05, 3.63) is 45.3 Å². The number of halogens is 1. The van der Waals surface area contributed by atoms with E-state index in [4.69, 9.17) is 28.2 Å². The van der Waals surface area contributed by atoms with Crippen LogP contribution in [0.15, 0.2) is 38.8 Å². The van der Waals surface area contributed by atoms with Gasteiger partial charge >= 0.3 is 0 Å². The van der Waals surface area contributed by atoms with Gasteiger partial charge in [-0.05, 0) is 30.4 Å². The summed E-state index contributed by atoms with van der Waals surface area (Å²) in [6.45, 7) is 0. The van der Waals surface area contributed by atoms with Crippen molar-refractivity contribution in [2.45, 2.75) is 6.42 Å². The molecule has 2 amide bonds. The van der Waals surface area contributed by atoms with Crippen LogP contribution >= 0.6 is 23.8 Å². The van der Waals surface area contributed by atoms with Gasteiger partial charge in [0.05, 0.1) is 17.2 Å². The first-order valence-corrected chi connectivity index (χ1v) is 7.41. The molecule has 1 aliphatic rings. The third kappa shape index (κ3) is 3.12. The highest BCUT2D eigenvalue weighted by Crippen LogP contribution is 2.16. The molecule has 3 rings (SSSR count). The third-order valence-electron chi connectivity index (χ3n) is 3.13. The summed E-state index contributed by atoms with van der Waals surface area (Å²) >= 11 is 10.8. The molecule has 2 N–H and O–H groups in total. The summed E-state index contributed by atoms with van der Waals surface area (Å²) in [6.07, 6.45) is 2.16. The average molecular weight is 365 g/mol. The molecule has 0 bridgehead atoms. The van der Waals surface area contributed by atoms with Crippen molar-refractivity contribution in [1.82, 2.24) is 15.9 Å². The molecule has 2 heterocycles. The Labute approximate surface area is 145 Å². The molecule has 1 aromatic carbocycles. The Morgan fingerprint density at radius 1 is 1.42 bits per heavy atom. The number of nitrogens with zero attached hydrogens (tertiary/aromatic N) is 2. The normalized spacial score (nSPS) is 14.5. The minimum atomic E-state index is -0.493. The lowest BCUT2D eigenvalue weighted by Crippen LogP contribution is -2.45. The lowest BCUT2D eigenvalue weighted by Gasteiger charge is -2.14. The number of fused-ring (bicyclic) bond motifs is 1. The number of hydrogen-bond donors (Lipinski definition) is 2. The van der Waals surface area contributed by atoms with E-state index in [0.717, 1.165) is 5.01 Å². The minimum Gasteiger partial charge on any atom is -0.463 e. The second-order valence-corrected chi connectivity index (χ2v) is 5.60. The molecule has 0 aliphatic carbocycles. The predicted octanol–water partition coefficient (Wildman–Crippen LogP) is 0.918. The van der Waals surface area contributed by atoms with Gasteiger partial charge in [0.25, 0.3) is 5.91 Å². The Hall–Kier alpha value is -2.78. The van der Waals surface area contributed by atoms with Crippen LogP contribution in [0.3, 0.4) is 0 Å². The topological polar surface area (TPSA) is 104 Å². The molecule has 0 saturated carbocycles. The first-order chi connectivity index (χ1) is 11.5. The number of hydrazone groups is 1.